The monoisotopic (exact) mass is 660 g/mol. The molecule has 4 heterocycles. The van der Waals surface area contributed by atoms with Crippen LogP contribution in [0.3, 0.4) is 0 Å². The SMILES string of the molecule is O=Cc1cc2c(c3c1CCC3)N(CCCN1CCC3(CC1)CC(OC(=O)C(O)(c1ccc(Cl)s1)c1ccc(Cl)s1)C3)NN2. The lowest BCUT2D eigenvalue weighted by molar-refractivity contribution is -0.181. The van der Waals surface area contributed by atoms with Crippen LogP contribution in [0.4, 0.5) is 11.4 Å². The van der Waals surface area contributed by atoms with Crippen molar-refractivity contribution in [3.05, 3.63) is 65.4 Å². The zero-order chi connectivity index (χ0) is 29.8. The average molecular weight is 662 g/mol. The third kappa shape index (κ3) is 5.39. The number of thiophene rings is 2. The molecule has 2 aromatic heterocycles. The highest BCUT2D eigenvalue weighted by molar-refractivity contribution is 7.18. The molecule has 1 spiro atoms. The minimum absolute atomic E-state index is 0.202. The number of halogens is 2. The number of benzene rings is 1. The van der Waals surface area contributed by atoms with E-state index in [-0.39, 0.29) is 11.5 Å². The van der Waals surface area contributed by atoms with Gasteiger partial charge in [0.05, 0.1) is 29.8 Å². The van der Waals surface area contributed by atoms with Crippen molar-refractivity contribution in [2.24, 2.45) is 5.41 Å². The quantitative estimate of drug-likeness (QED) is 0.185. The topological polar surface area (TPSA) is 94.1 Å². The lowest BCUT2D eigenvalue weighted by atomic mass is 9.61. The number of nitrogens with zero attached hydrogens (tertiary/aromatic N) is 2. The molecule has 3 aromatic rings. The van der Waals surface area contributed by atoms with Crippen molar-refractivity contribution in [1.29, 1.82) is 0 Å². The first kappa shape index (κ1) is 29.5. The normalized spacial score (nSPS) is 19.7. The number of hydrogen-bond donors (Lipinski definition) is 3. The van der Waals surface area contributed by atoms with Gasteiger partial charge in [-0.3, -0.25) is 9.80 Å². The number of ether oxygens (including phenoxy) is 1. The Morgan fingerprint density at radius 1 is 1.07 bits per heavy atom. The number of anilines is 2. The number of nitrogens with one attached hydrogen (secondary N) is 2. The summed E-state index contributed by atoms with van der Waals surface area (Å²) in [7, 11) is 0. The number of esters is 1. The smallest absolute Gasteiger partial charge is 0.349 e. The second-order valence-electron chi connectivity index (χ2n) is 12.2. The van der Waals surface area contributed by atoms with Gasteiger partial charge in [-0.1, -0.05) is 23.2 Å². The van der Waals surface area contributed by atoms with Crippen molar-refractivity contribution < 1.29 is 19.4 Å². The van der Waals surface area contributed by atoms with Gasteiger partial charge in [0, 0.05) is 12.1 Å². The number of fused-ring (bicyclic) bond motifs is 3. The van der Waals surface area contributed by atoms with Crippen molar-refractivity contribution in [3.8, 4) is 0 Å². The van der Waals surface area contributed by atoms with Crippen LogP contribution in [0.15, 0.2) is 30.3 Å². The molecule has 4 aliphatic rings. The van der Waals surface area contributed by atoms with E-state index in [1.807, 2.05) is 6.07 Å². The van der Waals surface area contributed by atoms with E-state index >= 15 is 0 Å². The largest absolute Gasteiger partial charge is 0.460 e. The highest BCUT2D eigenvalue weighted by atomic mass is 35.5. The van der Waals surface area contributed by atoms with Crippen LogP contribution in [0.1, 0.15) is 69.8 Å². The Kier molecular flexibility index (Phi) is 7.99. The summed E-state index contributed by atoms with van der Waals surface area (Å²) < 4.78 is 6.90. The maximum absolute atomic E-state index is 13.4. The maximum atomic E-state index is 13.4. The number of carbonyl (C=O) groups excluding carboxylic acids is 2. The Labute approximate surface area is 268 Å². The van der Waals surface area contributed by atoms with Gasteiger partial charge >= 0.3 is 5.97 Å². The van der Waals surface area contributed by atoms with Gasteiger partial charge in [-0.2, -0.15) is 0 Å². The Morgan fingerprint density at radius 2 is 1.74 bits per heavy atom. The molecule has 7 rings (SSSR count). The summed E-state index contributed by atoms with van der Waals surface area (Å²) in [5.41, 5.74) is 10.4. The van der Waals surface area contributed by atoms with Gasteiger partial charge in [-0.05, 0) is 118 Å². The molecular weight excluding hydrogens is 627 g/mol. The van der Waals surface area contributed by atoms with E-state index in [0.717, 1.165) is 95.1 Å². The zero-order valence-electron chi connectivity index (χ0n) is 23.7. The van der Waals surface area contributed by atoms with Gasteiger partial charge in [-0.15, -0.1) is 28.2 Å². The molecule has 1 saturated heterocycles. The Morgan fingerprint density at radius 3 is 2.37 bits per heavy atom. The first-order valence-electron chi connectivity index (χ1n) is 14.9. The van der Waals surface area contributed by atoms with E-state index < -0.39 is 11.6 Å². The van der Waals surface area contributed by atoms with Gasteiger partial charge in [0.25, 0.3) is 0 Å². The van der Waals surface area contributed by atoms with Gasteiger partial charge in [0.15, 0.2) is 0 Å². The van der Waals surface area contributed by atoms with E-state index in [4.69, 9.17) is 27.9 Å². The van der Waals surface area contributed by atoms with E-state index in [2.05, 4.69) is 20.9 Å². The summed E-state index contributed by atoms with van der Waals surface area (Å²) in [6, 6.07) is 8.67. The lowest BCUT2D eigenvalue weighted by Crippen LogP contribution is -2.52. The molecule has 2 aliphatic carbocycles. The van der Waals surface area contributed by atoms with Gasteiger partial charge in [-0.25, -0.2) is 4.79 Å². The molecule has 1 aromatic carbocycles. The molecule has 0 unspecified atom stereocenters. The number of hydrogen-bond acceptors (Lipinski definition) is 10. The summed E-state index contributed by atoms with van der Waals surface area (Å²) in [6.07, 6.45) is 8.73. The second kappa shape index (κ2) is 11.6. The van der Waals surface area contributed by atoms with E-state index in [1.54, 1.807) is 24.3 Å². The van der Waals surface area contributed by atoms with E-state index in [9.17, 15) is 14.7 Å². The van der Waals surface area contributed by atoms with E-state index in [1.165, 1.54) is 39.5 Å². The number of piperidine rings is 1. The molecule has 1 saturated carbocycles. The standard InChI is InChI=1S/C31H34Cl2N4O4S2/c32-26-7-5-24(42-26)31(40,25-6-8-27(33)43-25)29(39)41-20-16-30(17-20)9-13-36(14-10-30)11-2-12-37-28-22-4-1-3-21(22)19(18-38)15-23(28)34-35-37/h5-8,15,18,20,34-35,40H,1-4,9-14,16-17H2. The molecule has 3 N–H and O–H groups in total. The third-order valence-corrected chi connectivity index (χ3v) is 12.3. The average Bonchev–Trinajstić information content (AvgIpc) is 3.79. The number of likely N-dealkylation sites (tertiary alicyclic amines) is 1. The van der Waals surface area contributed by atoms with Crippen LogP contribution >= 0.6 is 45.9 Å². The molecule has 43 heavy (non-hydrogen) atoms. The first-order chi connectivity index (χ1) is 20.8. The van der Waals surface area contributed by atoms with Gasteiger partial charge < -0.3 is 20.2 Å². The van der Waals surface area contributed by atoms with Gasteiger partial charge in [0.2, 0.25) is 5.60 Å². The molecule has 0 amide bonds. The predicted molar refractivity (Wildman–Crippen MR) is 171 cm³/mol. The molecule has 0 radical (unpaired) electrons. The van der Waals surface area contributed by atoms with Crippen LogP contribution < -0.4 is 16.0 Å². The van der Waals surface area contributed by atoms with Crippen LogP contribution in [0.25, 0.3) is 0 Å². The molecule has 0 bridgehead atoms. The summed E-state index contributed by atoms with van der Waals surface area (Å²) in [5, 5.41) is 13.8. The van der Waals surface area contributed by atoms with Crippen LogP contribution in [0.5, 0.6) is 0 Å². The lowest BCUT2D eigenvalue weighted by Gasteiger charge is -2.51. The van der Waals surface area contributed by atoms with Crippen molar-refractivity contribution in [2.75, 3.05) is 36.6 Å². The second-order valence-corrected chi connectivity index (χ2v) is 15.7. The Hall–Kier alpha value is -2.18. The summed E-state index contributed by atoms with van der Waals surface area (Å²) in [4.78, 5) is 28.4. The number of aliphatic hydroxyl groups is 1. The highest BCUT2D eigenvalue weighted by Gasteiger charge is 2.51. The van der Waals surface area contributed by atoms with Crippen LogP contribution in [-0.4, -0.2) is 54.5 Å². The van der Waals surface area contributed by atoms with Crippen molar-refractivity contribution in [2.45, 2.75) is 63.1 Å². The molecular formula is C31H34Cl2N4O4S2. The number of carbonyl (C=O) groups is 2. The van der Waals surface area contributed by atoms with Crippen LogP contribution in [0, 0.1) is 5.41 Å². The molecule has 2 aliphatic heterocycles. The van der Waals surface area contributed by atoms with Crippen molar-refractivity contribution in [1.82, 2.24) is 10.4 Å². The maximum Gasteiger partial charge on any atom is 0.349 e. The number of rotatable bonds is 9. The summed E-state index contributed by atoms with van der Waals surface area (Å²) >= 11 is 14.6. The molecule has 0 atom stereocenters. The number of aldehydes is 1. The van der Waals surface area contributed by atoms with Crippen LogP contribution in [0.2, 0.25) is 8.67 Å². The third-order valence-electron chi connectivity index (χ3n) is 9.65. The molecule has 8 nitrogen and oxygen atoms in total. The van der Waals surface area contributed by atoms with Gasteiger partial charge in [0.1, 0.15) is 12.4 Å². The van der Waals surface area contributed by atoms with E-state index in [0.29, 0.717) is 18.4 Å². The Balaban J connectivity index is 0.900. The molecule has 12 heteroatoms. The summed E-state index contributed by atoms with van der Waals surface area (Å²) in [5.74, 6) is -0.665. The van der Waals surface area contributed by atoms with Crippen LogP contribution in [-0.2, 0) is 28.0 Å². The molecule has 2 fully saturated rings. The fourth-order valence-electron chi connectivity index (χ4n) is 7.34. The van der Waals surface area contributed by atoms with Crippen molar-refractivity contribution in [3.63, 3.8) is 0 Å². The molecule has 228 valence electrons. The first-order valence-corrected chi connectivity index (χ1v) is 17.3. The minimum Gasteiger partial charge on any atom is -0.460 e. The summed E-state index contributed by atoms with van der Waals surface area (Å²) in [6.45, 7) is 3.98. The fourth-order valence-corrected chi connectivity index (χ4v) is 9.67. The highest BCUT2D eigenvalue weighted by Crippen LogP contribution is 2.51. The Bertz CT molecular complexity index is 1500. The number of hydrazine groups is 2. The minimum atomic E-state index is -1.92. The fraction of sp³-hybridized carbons (Fsp3) is 0.484. The van der Waals surface area contributed by atoms with Crippen molar-refractivity contribution >= 4 is 69.5 Å². The zero-order valence-corrected chi connectivity index (χ0v) is 26.8. The predicted octanol–water partition coefficient (Wildman–Crippen LogP) is 6.18.